The Morgan fingerprint density at radius 3 is 2.54 bits per heavy atom. The van der Waals surface area contributed by atoms with Crippen molar-refractivity contribution in [3.63, 3.8) is 0 Å². The molecule has 1 aliphatic heterocycles. The number of nitrogens with zero attached hydrogens (tertiary/aromatic N) is 3. The van der Waals surface area contributed by atoms with E-state index in [0.29, 0.717) is 28.9 Å². The quantitative estimate of drug-likeness (QED) is 0.847. The molecule has 1 amide bonds. The minimum atomic E-state index is -0.254. The number of aryl methyl sites for hydroxylation is 2. The number of carbonyl (C=O) groups is 1. The minimum Gasteiger partial charge on any atom is -0.493 e. The molecule has 1 aromatic carbocycles. The number of aromatic nitrogens is 3. The van der Waals surface area contributed by atoms with Gasteiger partial charge in [0, 0.05) is 18.5 Å². The summed E-state index contributed by atoms with van der Waals surface area (Å²) >= 11 is 0. The fourth-order valence-corrected chi connectivity index (χ4v) is 3.16. The van der Waals surface area contributed by atoms with Crippen molar-refractivity contribution in [3.8, 4) is 11.5 Å². The van der Waals surface area contributed by atoms with Gasteiger partial charge in [-0.15, -0.1) is 0 Å². The van der Waals surface area contributed by atoms with Crippen LogP contribution in [0.1, 0.15) is 40.5 Å². The van der Waals surface area contributed by atoms with Gasteiger partial charge in [-0.05, 0) is 50.6 Å². The van der Waals surface area contributed by atoms with Crippen LogP contribution in [-0.2, 0) is 7.05 Å². The van der Waals surface area contributed by atoms with Gasteiger partial charge in [-0.2, -0.15) is 10.1 Å². The zero-order chi connectivity index (χ0) is 18.7. The highest BCUT2D eigenvalue weighted by Gasteiger charge is 2.22. The Kier molecular flexibility index (Phi) is 5.41. The van der Waals surface area contributed by atoms with Gasteiger partial charge < -0.3 is 14.8 Å². The molecule has 2 heterocycles. The number of amides is 1. The molecule has 140 valence electrons. The summed E-state index contributed by atoms with van der Waals surface area (Å²) in [7, 11) is 4.90. The van der Waals surface area contributed by atoms with Crippen LogP contribution in [0.3, 0.4) is 0 Å². The van der Waals surface area contributed by atoms with Crippen LogP contribution in [0, 0.1) is 6.92 Å². The minimum absolute atomic E-state index is 0.254. The molecule has 1 saturated heterocycles. The molecule has 1 fully saturated rings. The van der Waals surface area contributed by atoms with Crippen LogP contribution in [-0.4, -0.2) is 48.0 Å². The molecule has 0 spiro atoms. The van der Waals surface area contributed by atoms with E-state index in [4.69, 9.17) is 9.47 Å². The molecule has 0 atom stereocenters. The predicted octanol–water partition coefficient (Wildman–Crippen LogP) is 1.86. The summed E-state index contributed by atoms with van der Waals surface area (Å²) in [4.78, 5) is 17.3. The van der Waals surface area contributed by atoms with Crippen molar-refractivity contribution in [2.45, 2.75) is 25.7 Å². The average Bonchev–Trinajstić information content (AvgIpc) is 3.02. The number of hydrogen-bond donors (Lipinski definition) is 2. The molecular weight excluding hydrogens is 334 g/mol. The molecule has 1 aliphatic rings. The summed E-state index contributed by atoms with van der Waals surface area (Å²) in [5, 5.41) is 10.7. The van der Waals surface area contributed by atoms with Gasteiger partial charge in [0.25, 0.3) is 5.91 Å². The van der Waals surface area contributed by atoms with Crippen molar-refractivity contribution >= 4 is 11.9 Å². The second kappa shape index (κ2) is 7.74. The Morgan fingerprint density at radius 1 is 1.23 bits per heavy atom. The van der Waals surface area contributed by atoms with Crippen LogP contribution in [0.15, 0.2) is 12.1 Å². The molecule has 0 saturated carbocycles. The second-order valence-electron chi connectivity index (χ2n) is 6.42. The van der Waals surface area contributed by atoms with Crippen molar-refractivity contribution in [3.05, 3.63) is 29.1 Å². The van der Waals surface area contributed by atoms with Crippen molar-refractivity contribution in [2.24, 2.45) is 7.05 Å². The predicted molar refractivity (Wildman–Crippen MR) is 98.1 cm³/mol. The summed E-state index contributed by atoms with van der Waals surface area (Å²) in [6.07, 6.45) is 2.01. The van der Waals surface area contributed by atoms with E-state index >= 15 is 0 Å². The molecule has 0 unspecified atom stereocenters. The topological polar surface area (TPSA) is 90.3 Å². The van der Waals surface area contributed by atoms with Crippen LogP contribution < -0.4 is 20.1 Å². The molecule has 2 N–H and O–H groups in total. The summed E-state index contributed by atoms with van der Waals surface area (Å²) in [6, 6.07) is 3.46. The van der Waals surface area contributed by atoms with Crippen molar-refractivity contribution in [1.82, 2.24) is 20.1 Å². The standard InChI is InChI=1S/C18H25N5O3/c1-11-9-14(25-3)15(26-4)10-13(11)17(24)21-18-20-16(22-23(18)2)12-5-7-19-8-6-12/h9-10,12,19H,5-8H2,1-4H3,(H,20,21,22,24). The van der Waals surface area contributed by atoms with E-state index in [2.05, 4.69) is 20.7 Å². The van der Waals surface area contributed by atoms with Gasteiger partial charge in [0.15, 0.2) is 17.3 Å². The normalized spacial score (nSPS) is 14.9. The van der Waals surface area contributed by atoms with Crippen LogP contribution in [0.4, 0.5) is 5.95 Å². The summed E-state index contributed by atoms with van der Waals surface area (Å²) in [5.41, 5.74) is 1.30. The highest BCUT2D eigenvalue weighted by atomic mass is 16.5. The molecule has 0 aliphatic carbocycles. The van der Waals surface area contributed by atoms with Gasteiger partial charge in [-0.25, -0.2) is 4.68 Å². The van der Waals surface area contributed by atoms with E-state index in [1.54, 1.807) is 38.1 Å². The Balaban J connectivity index is 1.81. The van der Waals surface area contributed by atoms with Gasteiger partial charge in [0.05, 0.1) is 14.2 Å². The molecule has 8 nitrogen and oxygen atoms in total. The molecule has 1 aromatic heterocycles. The first-order valence-corrected chi connectivity index (χ1v) is 8.69. The fourth-order valence-electron chi connectivity index (χ4n) is 3.16. The third kappa shape index (κ3) is 3.65. The lowest BCUT2D eigenvalue weighted by Crippen LogP contribution is -2.27. The van der Waals surface area contributed by atoms with E-state index in [1.807, 2.05) is 6.92 Å². The first kappa shape index (κ1) is 18.2. The van der Waals surface area contributed by atoms with E-state index in [9.17, 15) is 4.79 Å². The lowest BCUT2D eigenvalue weighted by Gasteiger charge is -2.19. The van der Waals surface area contributed by atoms with Crippen LogP contribution in [0.2, 0.25) is 0 Å². The van der Waals surface area contributed by atoms with Crippen LogP contribution in [0.25, 0.3) is 0 Å². The summed E-state index contributed by atoms with van der Waals surface area (Å²) in [6.45, 7) is 3.79. The van der Waals surface area contributed by atoms with Crippen molar-refractivity contribution in [2.75, 3.05) is 32.6 Å². The number of nitrogens with one attached hydrogen (secondary N) is 2. The number of rotatable bonds is 5. The third-order valence-corrected chi connectivity index (χ3v) is 4.68. The average molecular weight is 359 g/mol. The van der Waals surface area contributed by atoms with E-state index in [-0.39, 0.29) is 5.91 Å². The highest BCUT2D eigenvalue weighted by Crippen LogP contribution is 2.30. The Bertz CT molecular complexity index is 796. The number of piperidine rings is 1. The molecule has 0 radical (unpaired) electrons. The van der Waals surface area contributed by atoms with Gasteiger partial charge in [0.1, 0.15) is 0 Å². The number of benzene rings is 1. The van der Waals surface area contributed by atoms with E-state index in [1.165, 1.54) is 0 Å². The van der Waals surface area contributed by atoms with Gasteiger partial charge in [0.2, 0.25) is 5.95 Å². The number of ether oxygens (including phenoxy) is 2. The monoisotopic (exact) mass is 359 g/mol. The van der Waals surface area contributed by atoms with Gasteiger partial charge >= 0.3 is 0 Å². The van der Waals surface area contributed by atoms with Crippen LogP contribution in [0.5, 0.6) is 11.5 Å². The SMILES string of the molecule is COc1cc(C)c(C(=O)Nc2nc(C3CCNCC3)nn2C)cc1OC. The number of hydrogen-bond acceptors (Lipinski definition) is 6. The maximum absolute atomic E-state index is 12.7. The largest absolute Gasteiger partial charge is 0.493 e. The highest BCUT2D eigenvalue weighted by molar-refractivity contribution is 6.04. The van der Waals surface area contributed by atoms with E-state index < -0.39 is 0 Å². The molecule has 26 heavy (non-hydrogen) atoms. The maximum Gasteiger partial charge on any atom is 0.258 e. The molecule has 3 rings (SSSR count). The molecule has 8 heteroatoms. The first-order valence-electron chi connectivity index (χ1n) is 8.69. The number of carbonyl (C=O) groups excluding carboxylic acids is 1. The van der Waals surface area contributed by atoms with Gasteiger partial charge in [-0.3, -0.25) is 10.1 Å². The lowest BCUT2D eigenvalue weighted by molar-refractivity contribution is 0.102. The number of anilines is 1. The van der Waals surface area contributed by atoms with Gasteiger partial charge in [-0.1, -0.05) is 0 Å². The van der Waals surface area contributed by atoms with Crippen molar-refractivity contribution in [1.29, 1.82) is 0 Å². The zero-order valence-corrected chi connectivity index (χ0v) is 15.6. The number of methoxy groups -OCH3 is 2. The Hall–Kier alpha value is -2.61. The molecular formula is C18H25N5O3. The maximum atomic E-state index is 12.7. The first-order chi connectivity index (χ1) is 12.5. The molecule has 2 aromatic rings. The Labute approximate surface area is 152 Å². The summed E-state index contributed by atoms with van der Waals surface area (Å²) in [5.74, 6) is 2.41. The van der Waals surface area contributed by atoms with Crippen LogP contribution >= 0.6 is 0 Å². The lowest BCUT2D eigenvalue weighted by atomic mass is 9.98. The third-order valence-electron chi connectivity index (χ3n) is 4.68. The van der Waals surface area contributed by atoms with E-state index in [0.717, 1.165) is 37.3 Å². The summed E-state index contributed by atoms with van der Waals surface area (Å²) < 4.78 is 12.2. The Morgan fingerprint density at radius 2 is 1.88 bits per heavy atom. The molecule has 0 bridgehead atoms. The van der Waals surface area contributed by atoms with Crippen molar-refractivity contribution < 1.29 is 14.3 Å². The zero-order valence-electron chi connectivity index (χ0n) is 15.6. The fraction of sp³-hybridized carbons (Fsp3) is 0.500. The second-order valence-corrected chi connectivity index (χ2v) is 6.42. The smallest absolute Gasteiger partial charge is 0.258 e.